The Morgan fingerprint density at radius 3 is 2.21 bits per heavy atom. The Morgan fingerprint density at radius 2 is 1.74 bits per heavy atom. The molecule has 19 heavy (non-hydrogen) atoms. The Bertz CT molecular complexity index is 201. The van der Waals surface area contributed by atoms with Crippen LogP contribution in [-0.4, -0.2) is 48.8 Å². The van der Waals surface area contributed by atoms with Crippen LogP contribution in [0.4, 0.5) is 0 Å². The van der Waals surface area contributed by atoms with E-state index in [1.54, 1.807) is 0 Å². The third-order valence-electron chi connectivity index (χ3n) is 3.66. The highest BCUT2D eigenvalue weighted by atomic mass is 16.3. The lowest BCUT2D eigenvalue weighted by molar-refractivity contribution is 0.169. The van der Waals surface area contributed by atoms with Crippen molar-refractivity contribution in [1.29, 1.82) is 0 Å². The molecule has 0 heterocycles. The maximum atomic E-state index is 9.15. The van der Waals surface area contributed by atoms with Crippen LogP contribution >= 0.6 is 0 Å². The molecule has 0 bridgehead atoms. The van der Waals surface area contributed by atoms with Gasteiger partial charge >= 0.3 is 0 Å². The van der Waals surface area contributed by atoms with Gasteiger partial charge in [0.1, 0.15) is 0 Å². The number of unbranched alkanes of at least 4 members (excludes halogenated alkanes) is 1. The molecule has 0 amide bonds. The minimum absolute atomic E-state index is 0.270. The fourth-order valence-corrected chi connectivity index (χ4v) is 2.33. The van der Waals surface area contributed by atoms with Gasteiger partial charge < -0.3 is 15.3 Å². The predicted molar refractivity (Wildman–Crippen MR) is 84.6 cm³/mol. The first kappa shape index (κ1) is 18.9. The molecule has 3 heteroatoms. The van der Waals surface area contributed by atoms with Crippen LogP contribution in [0.1, 0.15) is 60.3 Å². The summed E-state index contributed by atoms with van der Waals surface area (Å²) in [5, 5.41) is 12.8. The zero-order valence-electron chi connectivity index (χ0n) is 13.8. The second-order valence-corrected chi connectivity index (χ2v) is 6.58. The molecule has 0 aliphatic rings. The minimum atomic E-state index is 0.270. The van der Waals surface area contributed by atoms with E-state index in [2.05, 4.69) is 44.8 Å². The van der Waals surface area contributed by atoms with Crippen molar-refractivity contribution in [3.05, 3.63) is 0 Å². The van der Waals surface area contributed by atoms with Crippen molar-refractivity contribution >= 4 is 0 Å². The Kier molecular flexibility index (Phi) is 10.6. The summed E-state index contributed by atoms with van der Waals surface area (Å²) in [6, 6.07) is 0.551. The highest BCUT2D eigenvalue weighted by molar-refractivity contribution is 4.81. The van der Waals surface area contributed by atoms with Crippen LogP contribution in [0.15, 0.2) is 0 Å². The van der Waals surface area contributed by atoms with Gasteiger partial charge in [0.2, 0.25) is 0 Å². The Morgan fingerprint density at radius 1 is 1.05 bits per heavy atom. The topological polar surface area (TPSA) is 35.5 Å². The molecule has 0 aromatic heterocycles. The summed E-state index contributed by atoms with van der Waals surface area (Å²) in [6.45, 7) is 15.7. The van der Waals surface area contributed by atoms with Gasteiger partial charge in [0, 0.05) is 12.6 Å². The van der Waals surface area contributed by atoms with Gasteiger partial charge in [-0.25, -0.2) is 0 Å². The average molecular weight is 272 g/mol. The molecule has 2 N–H and O–H groups in total. The van der Waals surface area contributed by atoms with Gasteiger partial charge in [0.15, 0.2) is 0 Å². The van der Waals surface area contributed by atoms with Gasteiger partial charge in [0.25, 0.3) is 0 Å². The summed E-state index contributed by atoms with van der Waals surface area (Å²) in [4.78, 5) is 2.40. The molecule has 0 aliphatic heterocycles. The van der Waals surface area contributed by atoms with E-state index < -0.39 is 0 Å². The summed E-state index contributed by atoms with van der Waals surface area (Å²) >= 11 is 0. The van der Waals surface area contributed by atoms with Crippen molar-refractivity contribution in [3.63, 3.8) is 0 Å². The lowest BCUT2D eigenvalue weighted by Crippen LogP contribution is -2.43. The molecule has 0 aromatic rings. The Hall–Kier alpha value is -0.120. The lowest BCUT2D eigenvalue weighted by Gasteiger charge is -2.33. The van der Waals surface area contributed by atoms with E-state index in [4.69, 9.17) is 5.11 Å². The van der Waals surface area contributed by atoms with Crippen molar-refractivity contribution in [1.82, 2.24) is 10.2 Å². The highest BCUT2D eigenvalue weighted by Crippen LogP contribution is 2.22. The van der Waals surface area contributed by atoms with Gasteiger partial charge in [0.05, 0.1) is 6.61 Å². The molecule has 0 saturated carbocycles. The largest absolute Gasteiger partial charge is 0.395 e. The van der Waals surface area contributed by atoms with Crippen molar-refractivity contribution < 1.29 is 5.11 Å². The summed E-state index contributed by atoms with van der Waals surface area (Å²) < 4.78 is 0. The van der Waals surface area contributed by atoms with Crippen LogP contribution < -0.4 is 5.32 Å². The second-order valence-electron chi connectivity index (χ2n) is 6.58. The number of nitrogens with one attached hydrogen (secondary N) is 1. The molecule has 0 aromatic carbocycles. The zero-order valence-corrected chi connectivity index (χ0v) is 13.8. The molecular weight excluding hydrogens is 236 g/mol. The van der Waals surface area contributed by atoms with E-state index in [0.717, 1.165) is 32.6 Å². The molecule has 0 fully saturated rings. The van der Waals surface area contributed by atoms with E-state index in [-0.39, 0.29) is 6.61 Å². The van der Waals surface area contributed by atoms with Crippen molar-refractivity contribution in [2.75, 3.05) is 32.8 Å². The lowest BCUT2D eigenvalue weighted by atomic mass is 9.84. The van der Waals surface area contributed by atoms with Crippen molar-refractivity contribution in [3.8, 4) is 0 Å². The summed E-state index contributed by atoms with van der Waals surface area (Å²) in [5.41, 5.74) is 0.296. The summed E-state index contributed by atoms with van der Waals surface area (Å²) in [6.07, 6.45) is 4.79. The SMILES string of the molecule is CCCCN(CCO)CCC(NCCC)C(C)(C)C. The third-order valence-corrected chi connectivity index (χ3v) is 3.66. The van der Waals surface area contributed by atoms with Crippen molar-refractivity contribution in [2.24, 2.45) is 5.41 Å². The van der Waals surface area contributed by atoms with Crippen LogP contribution in [0.5, 0.6) is 0 Å². The predicted octanol–water partition coefficient (Wildman–Crippen LogP) is 2.89. The Balaban J connectivity index is 4.23. The minimum Gasteiger partial charge on any atom is -0.395 e. The van der Waals surface area contributed by atoms with E-state index in [0.29, 0.717) is 11.5 Å². The number of aliphatic hydroxyl groups excluding tert-OH is 1. The number of rotatable bonds is 11. The molecule has 0 rings (SSSR count). The first-order valence-electron chi connectivity index (χ1n) is 8.02. The first-order chi connectivity index (χ1) is 8.95. The number of hydrogen-bond donors (Lipinski definition) is 2. The van der Waals surface area contributed by atoms with Gasteiger partial charge in [-0.3, -0.25) is 0 Å². The van der Waals surface area contributed by atoms with E-state index >= 15 is 0 Å². The standard InChI is InChI=1S/C16H36N2O/c1-6-8-11-18(13-14-19)12-9-15(16(3,4)5)17-10-7-2/h15,17,19H,6-14H2,1-5H3. The second kappa shape index (κ2) is 10.6. The van der Waals surface area contributed by atoms with Gasteiger partial charge in [-0.2, -0.15) is 0 Å². The molecule has 0 aliphatic carbocycles. The molecule has 0 radical (unpaired) electrons. The molecule has 0 saturated heterocycles. The average Bonchev–Trinajstić information content (AvgIpc) is 2.34. The monoisotopic (exact) mass is 272 g/mol. The number of hydrogen-bond acceptors (Lipinski definition) is 3. The normalized spacial score (nSPS) is 14.1. The molecule has 116 valence electrons. The van der Waals surface area contributed by atoms with Crippen molar-refractivity contribution in [2.45, 2.75) is 66.3 Å². The van der Waals surface area contributed by atoms with E-state index in [1.165, 1.54) is 19.3 Å². The maximum Gasteiger partial charge on any atom is 0.0558 e. The van der Waals surface area contributed by atoms with Gasteiger partial charge in [-0.15, -0.1) is 0 Å². The smallest absolute Gasteiger partial charge is 0.0558 e. The fraction of sp³-hybridized carbons (Fsp3) is 1.00. The molecule has 0 spiro atoms. The van der Waals surface area contributed by atoms with Crippen LogP contribution in [-0.2, 0) is 0 Å². The highest BCUT2D eigenvalue weighted by Gasteiger charge is 2.24. The quantitative estimate of drug-likeness (QED) is 0.607. The van der Waals surface area contributed by atoms with E-state index in [9.17, 15) is 0 Å². The Labute approximate surface area is 120 Å². The number of nitrogens with zero attached hydrogens (tertiary/aromatic N) is 1. The van der Waals surface area contributed by atoms with Crippen LogP contribution in [0.3, 0.4) is 0 Å². The first-order valence-corrected chi connectivity index (χ1v) is 8.02. The van der Waals surface area contributed by atoms with Crippen LogP contribution in [0.2, 0.25) is 0 Å². The van der Waals surface area contributed by atoms with Crippen LogP contribution in [0.25, 0.3) is 0 Å². The summed E-state index contributed by atoms with van der Waals surface area (Å²) in [7, 11) is 0. The molecule has 3 nitrogen and oxygen atoms in total. The van der Waals surface area contributed by atoms with Gasteiger partial charge in [-0.05, 0) is 44.3 Å². The number of aliphatic hydroxyl groups is 1. The molecule has 1 atom stereocenters. The molecule has 1 unspecified atom stereocenters. The third kappa shape index (κ3) is 9.42. The fourth-order valence-electron chi connectivity index (χ4n) is 2.33. The van der Waals surface area contributed by atoms with Crippen LogP contribution in [0, 0.1) is 5.41 Å². The van der Waals surface area contributed by atoms with Gasteiger partial charge in [-0.1, -0.05) is 41.0 Å². The zero-order chi connectivity index (χ0) is 14.7. The maximum absolute atomic E-state index is 9.15. The van der Waals surface area contributed by atoms with E-state index in [1.807, 2.05) is 0 Å². The molecular formula is C16H36N2O. The summed E-state index contributed by atoms with van der Waals surface area (Å²) in [5.74, 6) is 0.